The number of nitrogens with zero attached hydrogens (tertiary/aromatic N) is 1. The minimum atomic E-state index is 1.12. The average molecular weight is 113 g/mol. The molecule has 0 aliphatic heterocycles. The van der Waals surface area contributed by atoms with Crippen LogP contribution in [0.15, 0.2) is 0 Å². The zero-order valence-electron chi connectivity index (χ0n) is 2.17. The van der Waals surface area contributed by atoms with Crippen molar-refractivity contribution in [2.75, 3.05) is 0 Å². The van der Waals surface area contributed by atoms with E-state index in [4.69, 9.17) is 16.6 Å². The Kier molecular flexibility index (Phi) is 130. The second-order valence-corrected chi connectivity index (χ2v) is 0.266. The molecule has 0 heterocycles. The van der Waals surface area contributed by atoms with E-state index in [2.05, 4.69) is 15.0 Å². The quantitative estimate of drug-likeness (QED) is 0.319. The van der Waals surface area contributed by atoms with Crippen molar-refractivity contribution in [1.29, 1.82) is 5.26 Å². The van der Waals surface area contributed by atoms with Crippen molar-refractivity contribution < 1.29 is 19.8 Å². The van der Waals surface area contributed by atoms with Crippen molar-refractivity contribution in [3.8, 4) is 0 Å². The molecule has 0 N–H and O–H groups in total. The Balaban J connectivity index is 0. The number of carbonyl (C=O) groups excluding carboxylic acids is 1. The molecule has 0 amide bonds. The molecule has 30 valence electrons. The van der Waals surface area contributed by atoms with Crippen LogP contribution in [0.25, 0.3) is 0 Å². The fourth-order valence-electron chi connectivity index (χ4n) is 0. The predicted molar refractivity (Wildman–Crippen MR) is 10.7 cm³/mol. The maximum atomic E-state index is 8.51. The molecule has 5 heavy (non-hydrogen) atoms. The number of hydrogen-bond donors (Lipinski definition) is 0. The largest absolute Gasteiger partial charge is 0.512 e. The molecule has 2 nitrogen and oxygen atoms in total. The van der Waals surface area contributed by atoms with Crippen LogP contribution in [0.4, 0.5) is 0 Å². The van der Waals surface area contributed by atoms with Gasteiger partial charge in [0.15, 0.2) is 0 Å². The van der Waals surface area contributed by atoms with Gasteiger partial charge in [-0.3, -0.25) is 0 Å². The molecular weight excluding hydrogens is 113 g/mol. The van der Waals surface area contributed by atoms with E-state index in [-0.39, 0.29) is 0 Å². The summed E-state index contributed by atoms with van der Waals surface area (Å²) < 4.78 is 0. The normalized spacial score (nSPS) is 2.40. The molecule has 0 aromatic rings. The topological polar surface area (TPSA) is 40.9 Å². The fraction of sp³-hybridized carbons (Fsp3) is 0. The third-order valence-electron chi connectivity index (χ3n) is 0. The second-order valence-electron chi connectivity index (χ2n) is 0.0645. The van der Waals surface area contributed by atoms with E-state index in [1.807, 2.05) is 0 Å². The second kappa shape index (κ2) is 73.7. The standard InChI is InChI=1S/CN.CO.Ni/c2*1-2;/q-1;;. The molecule has 3 heteroatoms. The summed E-state index contributed by atoms with van der Waals surface area (Å²) in [5.74, 6) is 0. The first-order valence-corrected chi connectivity index (χ1v) is 1.08. The van der Waals surface area contributed by atoms with Gasteiger partial charge in [0.1, 0.15) is 0 Å². The van der Waals surface area contributed by atoms with Crippen molar-refractivity contribution >= 4 is 4.86 Å². The van der Waals surface area contributed by atoms with Gasteiger partial charge in [-0.25, -0.2) is 0 Å². The van der Waals surface area contributed by atoms with Crippen molar-refractivity contribution in [2.24, 2.45) is 0 Å². The summed E-state index contributed by atoms with van der Waals surface area (Å²) in [5.41, 5.74) is 0. The summed E-state index contributed by atoms with van der Waals surface area (Å²) in [6.45, 7) is 4.75. The van der Waals surface area contributed by atoms with Gasteiger partial charge in [0.2, 0.25) is 0 Å². The summed E-state index contributed by atoms with van der Waals surface area (Å²) >= 11 is 3.36. The van der Waals surface area contributed by atoms with Crippen LogP contribution in [-0.4, -0.2) is 4.86 Å². The Morgan fingerprint density at radius 3 is 1.80 bits per heavy atom. The molecule has 0 radical (unpaired) electrons. The van der Waals surface area contributed by atoms with Crippen LogP contribution in [0, 0.1) is 11.8 Å². The smallest absolute Gasteiger partial charge is 0.488 e. The van der Waals surface area contributed by atoms with Gasteiger partial charge in [-0.2, -0.15) is 0 Å². The van der Waals surface area contributed by atoms with Gasteiger partial charge in [0.05, 0.1) is 0 Å². The Hall–Kier alpha value is -0.436. The first-order valence-electron chi connectivity index (χ1n) is 0.586. The van der Waals surface area contributed by atoms with Crippen LogP contribution < -0.4 is 0 Å². The molecule has 0 rings (SSSR count). The maximum absolute atomic E-state index is 8.51. The summed E-state index contributed by atoms with van der Waals surface area (Å²) in [6, 6.07) is 0. The van der Waals surface area contributed by atoms with E-state index in [9.17, 15) is 0 Å². The van der Waals surface area contributed by atoms with Crippen molar-refractivity contribution in [3.63, 3.8) is 0 Å². The van der Waals surface area contributed by atoms with E-state index < -0.39 is 0 Å². The molecule has 0 atom stereocenters. The third kappa shape index (κ3) is 45.7. The van der Waals surface area contributed by atoms with Crippen LogP contribution >= 0.6 is 0 Å². The predicted octanol–water partition coefficient (Wildman–Crippen LogP) is -0.303. The molecule has 0 aliphatic rings. The summed E-state index contributed by atoms with van der Waals surface area (Å²) in [7, 11) is 0. The van der Waals surface area contributed by atoms with Crippen LogP contribution in [0.5, 0.6) is 0 Å². The van der Waals surface area contributed by atoms with Gasteiger partial charge in [0.25, 0.3) is 0 Å². The average Bonchev–Trinajstić information content (AvgIpc) is 1.46. The first kappa shape index (κ1) is 8.82. The summed E-state index contributed by atoms with van der Waals surface area (Å²) in [4.78, 5) is 9.64. The molecule has 0 bridgehead atoms. The fourth-order valence-corrected chi connectivity index (χ4v) is 0. The molecule has 0 saturated carbocycles. The first-order chi connectivity index (χ1) is 2.41. The molecule has 0 aliphatic carbocycles. The summed E-state index contributed by atoms with van der Waals surface area (Å²) in [5, 5.41) is 6.25. The maximum Gasteiger partial charge on any atom is -0.488 e. The molecular formula is C2NNiO-. The number of rotatable bonds is 0. The number of hydrogen-bond acceptors (Lipinski definition) is 2. The van der Waals surface area contributed by atoms with Gasteiger partial charge in [-0.05, 0) is 0 Å². The zero-order valence-corrected chi connectivity index (χ0v) is 3.16. The Bertz CT molecular complexity index is 51.9. The van der Waals surface area contributed by atoms with Crippen LogP contribution in [0.2, 0.25) is 0 Å². The van der Waals surface area contributed by atoms with Gasteiger partial charge in [-0.15, -0.1) is 0 Å². The Morgan fingerprint density at radius 2 is 1.80 bits per heavy atom. The SMILES string of the molecule is O=[C]=[Ni].[C-]#N. The van der Waals surface area contributed by atoms with E-state index >= 15 is 0 Å². The van der Waals surface area contributed by atoms with Crippen molar-refractivity contribution in [2.45, 2.75) is 0 Å². The van der Waals surface area contributed by atoms with Gasteiger partial charge in [0, 0.05) is 0 Å². The van der Waals surface area contributed by atoms with E-state index in [1.54, 1.807) is 0 Å². The molecule has 0 unspecified atom stereocenters. The third-order valence-corrected chi connectivity index (χ3v) is 0. The molecule has 0 aromatic carbocycles. The molecule has 0 saturated heterocycles. The van der Waals surface area contributed by atoms with Crippen molar-refractivity contribution in [3.05, 3.63) is 6.57 Å². The summed E-state index contributed by atoms with van der Waals surface area (Å²) in [6.07, 6.45) is 0. The van der Waals surface area contributed by atoms with E-state index in [0.717, 1.165) is 4.86 Å². The van der Waals surface area contributed by atoms with Gasteiger partial charge >= 0.3 is 24.7 Å². The van der Waals surface area contributed by atoms with Crippen LogP contribution in [0.1, 0.15) is 0 Å². The van der Waals surface area contributed by atoms with Gasteiger partial charge in [-0.1, -0.05) is 0 Å². The molecule has 0 aromatic heterocycles. The van der Waals surface area contributed by atoms with Crippen molar-refractivity contribution in [1.82, 2.24) is 0 Å². The zero-order chi connectivity index (χ0) is 4.71. The van der Waals surface area contributed by atoms with E-state index in [1.165, 1.54) is 0 Å². The van der Waals surface area contributed by atoms with Crippen LogP contribution in [0.3, 0.4) is 0 Å². The van der Waals surface area contributed by atoms with Gasteiger partial charge < -0.3 is 11.8 Å². The molecule has 0 fully saturated rings. The Morgan fingerprint density at radius 1 is 1.80 bits per heavy atom. The minimum absolute atomic E-state index is 1.12. The van der Waals surface area contributed by atoms with Crippen LogP contribution in [-0.2, 0) is 19.8 Å². The monoisotopic (exact) mass is 112 g/mol. The Labute approximate surface area is 37.3 Å². The van der Waals surface area contributed by atoms with E-state index in [0.29, 0.717) is 0 Å². The minimum Gasteiger partial charge on any atom is -0.512 e. The molecule has 0 spiro atoms.